The Bertz CT molecular complexity index is 533. The molecule has 0 aliphatic carbocycles. The molecule has 2 rings (SSSR count). The Balaban J connectivity index is 2.12. The quantitative estimate of drug-likeness (QED) is 0.933. The molecule has 7 heteroatoms. The molecule has 1 saturated heterocycles. The second kappa shape index (κ2) is 5.55. The monoisotopic (exact) mass is 302 g/mol. The van der Waals surface area contributed by atoms with Gasteiger partial charge in [0.15, 0.2) is 0 Å². The van der Waals surface area contributed by atoms with Crippen LogP contribution in [0.5, 0.6) is 5.75 Å². The molecule has 0 saturated carbocycles. The van der Waals surface area contributed by atoms with Crippen LogP contribution in [-0.2, 0) is 0 Å². The lowest BCUT2D eigenvalue weighted by Gasteiger charge is -2.22. The van der Waals surface area contributed by atoms with Crippen LogP contribution in [-0.4, -0.2) is 36.8 Å². The van der Waals surface area contributed by atoms with Crippen molar-refractivity contribution in [3.05, 3.63) is 29.8 Å². The average Bonchev–Trinajstić information content (AvgIpc) is 2.80. The van der Waals surface area contributed by atoms with Crippen molar-refractivity contribution in [3.8, 4) is 5.75 Å². The minimum Gasteiger partial charge on any atom is -0.406 e. The van der Waals surface area contributed by atoms with Gasteiger partial charge >= 0.3 is 6.36 Å². The highest BCUT2D eigenvalue weighted by molar-refractivity contribution is 5.94. The van der Waals surface area contributed by atoms with Gasteiger partial charge in [-0.15, -0.1) is 13.2 Å². The largest absolute Gasteiger partial charge is 0.573 e. The average molecular weight is 302 g/mol. The third kappa shape index (κ3) is 3.87. The highest BCUT2D eigenvalue weighted by atomic mass is 19.4. The fourth-order valence-corrected chi connectivity index (χ4v) is 2.37. The van der Waals surface area contributed by atoms with Crippen molar-refractivity contribution >= 4 is 5.91 Å². The van der Waals surface area contributed by atoms with Crippen molar-refractivity contribution in [3.63, 3.8) is 0 Å². The number of hydrogen-bond acceptors (Lipinski definition) is 3. The third-order valence-corrected chi connectivity index (χ3v) is 3.65. The smallest absolute Gasteiger partial charge is 0.406 e. The Labute approximate surface area is 120 Å². The van der Waals surface area contributed by atoms with Crippen LogP contribution >= 0.6 is 0 Å². The molecule has 1 fully saturated rings. The number of amides is 1. The van der Waals surface area contributed by atoms with Gasteiger partial charge in [0, 0.05) is 18.7 Å². The maximum atomic E-state index is 12.3. The molecule has 1 aromatic carbocycles. The maximum absolute atomic E-state index is 12.3. The van der Waals surface area contributed by atoms with Crippen molar-refractivity contribution in [2.45, 2.75) is 19.7 Å². The molecule has 2 N–H and O–H groups in total. The summed E-state index contributed by atoms with van der Waals surface area (Å²) < 4.78 is 40.4. The highest BCUT2D eigenvalue weighted by Crippen LogP contribution is 2.30. The van der Waals surface area contributed by atoms with E-state index >= 15 is 0 Å². The predicted octanol–water partition coefficient (Wildman–Crippen LogP) is 2.40. The van der Waals surface area contributed by atoms with Gasteiger partial charge in [-0.2, -0.15) is 0 Å². The Morgan fingerprint density at radius 1 is 1.48 bits per heavy atom. The lowest BCUT2D eigenvalue weighted by Crippen LogP contribution is -2.34. The van der Waals surface area contributed by atoms with Crippen molar-refractivity contribution in [2.24, 2.45) is 11.1 Å². The lowest BCUT2D eigenvalue weighted by molar-refractivity contribution is -0.274. The molecule has 0 aromatic heterocycles. The SMILES string of the molecule is CC1(CN)CCN(C(=O)c2cccc(OC(F)(F)F)c2)C1. The molecule has 1 aromatic rings. The molecule has 0 radical (unpaired) electrons. The van der Waals surface area contributed by atoms with Gasteiger partial charge < -0.3 is 15.4 Å². The van der Waals surface area contributed by atoms with Crippen LogP contribution in [0.3, 0.4) is 0 Å². The van der Waals surface area contributed by atoms with Crippen molar-refractivity contribution in [1.29, 1.82) is 0 Å². The Morgan fingerprint density at radius 3 is 2.76 bits per heavy atom. The van der Waals surface area contributed by atoms with E-state index in [0.717, 1.165) is 18.6 Å². The van der Waals surface area contributed by atoms with Crippen LogP contribution in [0.25, 0.3) is 0 Å². The number of hydrogen-bond donors (Lipinski definition) is 1. The predicted molar refractivity (Wildman–Crippen MR) is 70.8 cm³/mol. The molecule has 1 atom stereocenters. The summed E-state index contributed by atoms with van der Waals surface area (Å²) in [4.78, 5) is 13.9. The van der Waals surface area contributed by atoms with Gasteiger partial charge in [-0.3, -0.25) is 4.79 Å². The van der Waals surface area contributed by atoms with E-state index in [1.165, 1.54) is 12.1 Å². The maximum Gasteiger partial charge on any atom is 0.573 e. The normalized spacial score (nSPS) is 22.4. The molecule has 116 valence electrons. The van der Waals surface area contributed by atoms with Gasteiger partial charge in [0.05, 0.1) is 0 Å². The standard InChI is InChI=1S/C14H17F3N2O2/c1-13(8-18)5-6-19(9-13)12(20)10-3-2-4-11(7-10)21-14(15,16)17/h2-4,7H,5-6,8-9,18H2,1H3. The van der Waals surface area contributed by atoms with Gasteiger partial charge in [-0.25, -0.2) is 0 Å². The zero-order valence-corrected chi connectivity index (χ0v) is 11.6. The molecule has 1 unspecified atom stereocenters. The van der Waals surface area contributed by atoms with Crippen molar-refractivity contribution in [2.75, 3.05) is 19.6 Å². The molecule has 1 amide bonds. The topological polar surface area (TPSA) is 55.6 Å². The number of rotatable bonds is 3. The summed E-state index contributed by atoms with van der Waals surface area (Å²) in [7, 11) is 0. The zero-order chi connectivity index (χ0) is 15.7. The minimum absolute atomic E-state index is 0.129. The Hall–Kier alpha value is -1.76. The number of benzene rings is 1. The molecule has 4 nitrogen and oxygen atoms in total. The first kappa shape index (κ1) is 15.6. The molecular weight excluding hydrogens is 285 g/mol. The summed E-state index contributed by atoms with van der Waals surface area (Å²) in [5.74, 6) is -0.700. The van der Waals surface area contributed by atoms with Crippen LogP contribution < -0.4 is 10.5 Å². The zero-order valence-electron chi connectivity index (χ0n) is 11.6. The van der Waals surface area contributed by atoms with Gasteiger partial charge in [0.2, 0.25) is 0 Å². The summed E-state index contributed by atoms with van der Waals surface area (Å²) in [5.41, 5.74) is 5.73. The van der Waals surface area contributed by atoms with Crippen LogP contribution in [0.15, 0.2) is 24.3 Å². The molecule has 0 spiro atoms. The Morgan fingerprint density at radius 2 is 2.19 bits per heavy atom. The minimum atomic E-state index is -4.77. The van der Waals surface area contributed by atoms with E-state index in [1.807, 2.05) is 6.92 Å². The second-order valence-electron chi connectivity index (χ2n) is 5.57. The first-order chi connectivity index (χ1) is 9.72. The van der Waals surface area contributed by atoms with E-state index in [4.69, 9.17) is 5.73 Å². The molecule has 21 heavy (non-hydrogen) atoms. The van der Waals surface area contributed by atoms with Crippen LogP contribution in [0.4, 0.5) is 13.2 Å². The van der Waals surface area contributed by atoms with E-state index in [9.17, 15) is 18.0 Å². The number of ether oxygens (including phenoxy) is 1. The highest BCUT2D eigenvalue weighted by Gasteiger charge is 2.35. The van der Waals surface area contributed by atoms with E-state index < -0.39 is 12.1 Å². The summed E-state index contributed by atoms with van der Waals surface area (Å²) in [6, 6.07) is 5.11. The second-order valence-corrected chi connectivity index (χ2v) is 5.57. The summed E-state index contributed by atoms with van der Waals surface area (Å²) in [6.45, 7) is 3.51. The summed E-state index contributed by atoms with van der Waals surface area (Å²) in [6.07, 6.45) is -3.98. The fraction of sp³-hybridized carbons (Fsp3) is 0.500. The number of carbonyl (C=O) groups is 1. The number of carbonyl (C=O) groups excluding carboxylic acids is 1. The van der Waals surface area contributed by atoms with E-state index in [1.54, 1.807) is 4.90 Å². The van der Waals surface area contributed by atoms with Crippen LogP contribution in [0.1, 0.15) is 23.7 Å². The number of halogens is 3. The lowest BCUT2D eigenvalue weighted by atomic mass is 9.90. The van der Waals surface area contributed by atoms with E-state index in [0.29, 0.717) is 19.6 Å². The van der Waals surface area contributed by atoms with Gasteiger partial charge in [0.1, 0.15) is 5.75 Å². The molecule has 1 aliphatic rings. The first-order valence-corrected chi connectivity index (χ1v) is 6.58. The fourth-order valence-electron chi connectivity index (χ4n) is 2.37. The van der Waals surface area contributed by atoms with E-state index in [-0.39, 0.29) is 16.9 Å². The Kier molecular flexibility index (Phi) is 4.13. The van der Waals surface area contributed by atoms with Gasteiger partial charge in [-0.1, -0.05) is 13.0 Å². The van der Waals surface area contributed by atoms with Gasteiger partial charge in [-0.05, 0) is 36.6 Å². The van der Waals surface area contributed by atoms with Crippen molar-refractivity contribution in [1.82, 2.24) is 4.90 Å². The summed E-state index contributed by atoms with van der Waals surface area (Å²) in [5, 5.41) is 0. The van der Waals surface area contributed by atoms with Crippen LogP contribution in [0.2, 0.25) is 0 Å². The molecule has 0 bridgehead atoms. The molecule has 1 heterocycles. The number of likely N-dealkylation sites (tertiary alicyclic amines) is 1. The van der Waals surface area contributed by atoms with E-state index in [2.05, 4.69) is 4.74 Å². The van der Waals surface area contributed by atoms with Crippen molar-refractivity contribution < 1.29 is 22.7 Å². The van der Waals surface area contributed by atoms with Crippen LogP contribution in [0, 0.1) is 5.41 Å². The third-order valence-electron chi connectivity index (χ3n) is 3.65. The molecular formula is C14H17F3N2O2. The first-order valence-electron chi connectivity index (χ1n) is 6.58. The molecule has 1 aliphatic heterocycles. The number of nitrogens with two attached hydrogens (primary N) is 1. The van der Waals surface area contributed by atoms with Gasteiger partial charge in [0.25, 0.3) is 5.91 Å². The summed E-state index contributed by atoms with van der Waals surface area (Å²) >= 11 is 0. The number of alkyl halides is 3. The number of nitrogens with zero attached hydrogens (tertiary/aromatic N) is 1.